The van der Waals surface area contributed by atoms with Gasteiger partial charge in [-0.1, -0.05) is 39.0 Å². The Labute approximate surface area is 205 Å². The fourth-order valence-electron chi connectivity index (χ4n) is 4.34. The average Bonchev–Trinajstić information content (AvgIpc) is 3.40. The fourth-order valence-corrected chi connectivity index (χ4v) is 4.34. The summed E-state index contributed by atoms with van der Waals surface area (Å²) in [5.41, 5.74) is 2.75. The lowest BCUT2D eigenvalue weighted by molar-refractivity contribution is -0.128. The van der Waals surface area contributed by atoms with E-state index >= 15 is 0 Å². The number of ether oxygens (including phenoxy) is 1. The van der Waals surface area contributed by atoms with Crippen molar-refractivity contribution in [1.29, 1.82) is 0 Å². The van der Waals surface area contributed by atoms with Gasteiger partial charge in [-0.25, -0.2) is 4.39 Å². The van der Waals surface area contributed by atoms with Crippen LogP contribution in [-0.4, -0.2) is 35.9 Å². The van der Waals surface area contributed by atoms with E-state index < -0.39 is 12.1 Å². The molecule has 2 aromatic carbocycles. The van der Waals surface area contributed by atoms with Crippen molar-refractivity contribution in [3.05, 3.63) is 89.1 Å². The molecule has 184 valence electrons. The minimum absolute atomic E-state index is 0.149. The standard InChI is InChI=1S/C28H31FN2O4/c1-4-24(27(32)30-17-18(2)3)35-22-12-9-19-13-14-31(28(33)25-6-5-15-34-25)26(23(19)16-22)20-7-10-21(29)11-8-20/h5-12,15-16,18,24,26H,4,13-14,17H2,1-3H3,(H,30,32). The van der Waals surface area contributed by atoms with Crippen LogP contribution < -0.4 is 10.1 Å². The molecule has 2 amide bonds. The number of halogens is 1. The van der Waals surface area contributed by atoms with Crippen LogP contribution in [0.2, 0.25) is 0 Å². The van der Waals surface area contributed by atoms with Crippen molar-refractivity contribution in [2.45, 2.75) is 45.8 Å². The summed E-state index contributed by atoms with van der Waals surface area (Å²) in [4.78, 5) is 27.7. The normalized spacial score (nSPS) is 16.0. The highest BCUT2D eigenvalue weighted by Crippen LogP contribution is 2.38. The maximum atomic E-state index is 13.7. The van der Waals surface area contributed by atoms with E-state index in [4.69, 9.17) is 9.15 Å². The van der Waals surface area contributed by atoms with Crippen LogP contribution in [0.3, 0.4) is 0 Å². The zero-order valence-electron chi connectivity index (χ0n) is 20.3. The van der Waals surface area contributed by atoms with Gasteiger partial charge in [-0.3, -0.25) is 9.59 Å². The van der Waals surface area contributed by atoms with Gasteiger partial charge in [-0.05, 0) is 71.8 Å². The SMILES string of the molecule is CCC(Oc1ccc2c(c1)C(c1ccc(F)cc1)N(C(=O)c1ccco1)CC2)C(=O)NCC(C)C. The van der Waals surface area contributed by atoms with E-state index in [-0.39, 0.29) is 23.4 Å². The minimum atomic E-state index is -0.625. The molecule has 0 fully saturated rings. The Balaban J connectivity index is 1.67. The molecule has 4 rings (SSSR count). The number of nitrogens with zero attached hydrogens (tertiary/aromatic N) is 1. The topological polar surface area (TPSA) is 71.8 Å². The third-order valence-electron chi connectivity index (χ3n) is 6.15. The Kier molecular flexibility index (Phi) is 7.54. The number of carbonyl (C=O) groups excluding carboxylic acids is 2. The first-order chi connectivity index (χ1) is 16.9. The molecule has 2 atom stereocenters. The summed E-state index contributed by atoms with van der Waals surface area (Å²) in [5, 5.41) is 2.93. The third kappa shape index (κ3) is 5.56. The third-order valence-corrected chi connectivity index (χ3v) is 6.15. The average molecular weight is 479 g/mol. The molecular formula is C28H31FN2O4. The molecule has 1 aromatic heterocycles. The number of fused-ring (bicyclic) bond motifs is 1. The van der Waals surface area contributed by atoms with Gasteiger partial charge in [0.05, 0.1) is 12.3 Å². The van der Waals surface area contributed by atoms with Gasteiger partial charge in [0.1, 0.15) is 11.6 Å². The van der Waals surface area contributed by atoms with Gasteiger partial charge < -0.3 is 19.4 Å². The molecule has 1 N–H and O–H groups in total. The van der Waals surface area contributed by atoms with Crippen molar-refractivity contribution in [2.24, 2.45) is 5.92 Å². The first kappa shape index (κ1) is 24.5. The Morgan fingerprint density at radius 1 is 1.17 bits per heavy atom. The van der Waals surface area contributed by atoms with E-state index in [1.807, 2.05) is 39.0 Å². The fraction of sp³-hybridized carbons (Fsp3) is 0.357. The molecule has 0 bridgehead atoms. The molecule has 0 spiro atoms. The Hall–Kier alpha value is -3.61. The molecule has 2 unspecified atom stereocenters. The van der Waals surface area contributed by atoms with E-state index in [0.717, 1.165) is 16.7 Å². The van der Waals surface area contributed by atoms with Crippen LogP contribution in [0.15, 0.2) is 65.3 Å². The van der Waals surface area contributed by atoms with Crippen molar-refractivity contribution in [3.8, 4) is 5.75 Å². The maximum absolute atomic E-state index is 13.7. The molecular weight excluding hydrogens is 447 g/mol. The number of amides is 2. The number of benzene rings is 2. The van der Waals surface area contributed by atoms with Gasteiger partial charge in [-0.2, -0.15) is 0 Å². The molecule has 7 heteroatoms. The molecule has 0 saturated heterocycles. The second kappa shape index (κ2) is 10.8. The summed E-state index contributed by atoms with van der Waals surface area (Å²) >= 11 is 0. The van der Waals surface area contributed by atoms with E-state index in [2.05, 4.69) is 5.32 Å². The molecule has 2 heterocycles. The van der Waals surface area contributed by atoms with Crippen LogP contribution in [0.1, 0.15) is 60.5 Å². The predicted molar refractivity (Wildman–Crippen MR) is 131 cm³/mol. The van der Waals surface area contributed by atoms with Gasteiger partial charge in [-0.15, -0.1) is 0 Å². The smallest absolute Gasteiger partial charge is 0.290 e. The monoisotopic (exact) mass is 478 g/mol. The van der Waals surface area contributed by atoms with Crippen LogP contribution in [0.4, 0.5) is 4.39 Å². The summed E-state index contributed by atoms with van der Waals surface area (Å²) < 4.78 is 25.2. The lowest BCUT2D eigenvalue weighted by Gasteiger charge is -2.37. The summed E-state index contributed by atoms with van der Waals surface area (Å²) in [6, 6.07) is 14.8. The zero-order valence-corrected chi connectivity index (χ0v) is 20.3. The minimum Gasteiger partial charge on any atom is -0.481 e. The van der Waals surface area contributed by atoms with Crippen molar-refractivity contribution in [3.63, 3.8) is 0 Å². The van der Waals surface area contributed by atoms with E-state index in [0.29, 0.717) is 37.6 Å². The number of hydrogen-bond donors (Lipinski definition) is 1. The highest BCUT2D eigenvalue weighted by molar-refractivity contribution is 5.92. The van der Waals surface area contributed by atoms with Crippen LogP contribution in [0, 0.1) is 11.7 Å². The zero-order chi connectivity index (χ0) is 24.9. The summed E-state index contributed by atoms with van der Waals surface area (Å²) in [6.45, 7) is 7.06. The Morgan fingerprint density at radius 2 is 1.94 bits per heavy atom. The molecule has 0 radical (unpaired) electrons. The quantitative estimate of drug-likeness (QED) is 0.487. The van der Waals surface area contributed by atoms with Gasteiger partial charge in [0.2, 0.25) is 0 Å². The largest absolute Gasteiger partial charge is 0.481 e. The number of furan rings is 1. The van der Waals surface area contributed by atoms with E-state index in [1.165, 1.54) is 18.4 Å². The summed E-state index contributed by atoms with van der Waals surface area (Å²) in [6.07, 6.45) is 2.02. The second-order valence-electron chi connectivity index (χ2n) is 9.19. The van der Waals surface area contributed by atoms with Crippen molar-refractivity contribution in [2.75, 3.05) is 13.1 Å². The maximum Gasteiger partial charge on any atom is 0.290 e. The Bertz CT molecular complexity index is 1160. The van der Waals surface area contributed by atoms with Crippen molar-refractivity contribution < 1.29 is 23.1 Å². The highest BCUT2D eigenvalue weighted by atomic mass is 19.1. The van der Waals surface area contributed by atoms with Gasteiger partial charge >= 0.3 is 0 Å². The number of carbonyl (C=O) groups is 2. The molecule has 6 nitrogen and oxygen atoms in total. The van der Waals surface area contributed by atoms with E-state index in [9.17, 15) is 14.0 Å². The van der Waals surface area contributed by atoms with Crippen molar-refractivity contribution in [1.82, 2.24) is 10.2 Å². The molecule has 1 aliphatic heterocycles. The summed E-state index contributed by atoms with van der Waals surface area (Å²) in [5.74, 6) is 0.415. The number of rotatable bonds is 8. The number of hydrogen-bond acceptors (Lipinski definition) is 4. The predicted octanol–water partition coefficient (Wildman–Crippen LogP) is 5.14. The first-order valence-corrected chi connectivity index (χ1v) is 12.0. The molecule has 1 aliphatic rings. The Morgan fingerprint density at radius 3 is 2.60 bits per heavy atom. The van der Waals surface area contributed by atoms with Crippen LogP contribution in [0.5, 0.6) is 5.75 Å². The summed E-state index contributed by atoms with van der Waals surface area (Å²) in [7, 11) is 0. The van der Waals surface area contributed by atoms with Crippen LogP contribution >= 0.6 is 0 Å². The van der Waals surface area contributed by atoms with Gasteiger partial charge in [0.25, 0.3) is 11.8 Å². The first-order valence-electron chi connectivity index (χ1n) is 12.0. The molecule has 0 saturated carbocycles. The van der Waals surface area contributed by atoms with Crippen molar-refractivity contribution >= 4 is 11.8 Å². The molecule has 3 aromatic rings. The molecule has 0 aliphatic carbocycles. The van der Waals surface area contributed by atoms with Crippen LogP contribution in [-0.2, 0) is 11.2 Å². The lowest BCUT2D eigenvalue weighted by Crippen LogP contribution is -2.41. The van der Waals surface area contributed by atoms with Crippen LogP contribution in [0.25, 0.3) is 0 Å². The van der Waals surface area contributed by atoms with Gasteiger partial charge in [0.15, 0.2) is 11.9 Å². The number of nitrogens with one attached hydrogen (secondary N) is 1. The lowest BCUT2D eigenvalue weighted by atomic mass is 9.87. The molecule has 35 heavy (non-hydrogen) atoms. The highest BCUT2D eigenvalue weighted by Gasteiger charge is 2.34. The van der Waals surface area contributed by atoms with E-state index in [1.54, 1.807) is 29.2 Å². The van der Waals surface area contributed by atoms with Gasteiger partial charge in [0, 0.05) is 13.1 Å². The second-order valence-corrected chi connectivity index (χ2v) is 9.19.